The highest BCUT2D eigenvalue weighted by Gasteiger charge is 2.17. The monoisotopic (exact) mass is 508 g/mol. The highest BCUT2D eigenvalue weighted by Crippen LogP contribution is 2.25. The molecule has 1 aromatic heterocycles. The summed E-state index contributed by atoms with van der Waals surface area (Å²) < 4.78 is 1.89. The number of nitrogens with zero attached hydrogens (tertiary/aromatic N) is 2. The Morgan fingerprint density at radius 3 is 2.06 bits per heavy atom. The molecule has 31 heavy (non-hydrogen) atoms. The fourth-order valence-electron chi connectivity index (χ4n) is 2.95. The van der Waals surface area contributed by atoms with E-state index in [1.807, 2.05) is 25.1 Å². The standard InChI is InChI=1S/C22H12Cl4N2O2S/c1-11-2-7-19-14(8-11)21(27-20(29)12-3-5-15(23)17(25)9-12)31-28(19)22(30)13-4-6-16(24)18(26)10-13/h2-10H,1H3. The van der Waals surface area contributed by atoms with E-state index in [4.69, 9.17) is 46.4 Å². The van der Waals surface area contributed by atoms with Gasteiger partial charge in [0.2, 0.25) is 0 Å². The summed E-state index contributed by atoms with van der Waals surface area (Å²) in [6.07, 6.45) is 0. The number of hydrogen-bond donors (Lipinski definition) is 0. The molecule has 0 aliphatic rings. The first kappa shape index (κ1) is 22.1. The predicted molar refractivity (Wildman–Crippen MR) is 127 cm³/mol. The first-order chi connectivity index (χ1) is 14.7. The molecule has 0 unspecified atom stereocenters. The maximum absolute atomic E-state index is 13.2. The highest BCUT2D eigenvalue weighted by atomic mass is 35.5. The summed E-state index contributed by atoms with van der Waals surface area (Å²) in [7, 11) is 0. The van der Waals surface area contributed by atoms with Crippen LogP contribution in [0.2, 0.25) is 20.1 Å². The number of rotatable bonds is 2. The van der Waals surface area contributed by atoms with Crippen LogP contribution in [0.25, 0.3) is 10.9 Å². The third-order valence-electron chi connectivity index (χ3n) is 4.50. The minimum atomic E-state index is -0.489. The molecule has 4 rings (SSSR count). The van der Waals surface area contributed by atoms with Gasteiger partial charge in [-0.25, -0.2) is 3.96 Å². The Labute approximate surface area is 201 Å². The van der Waals surface area contributed by atoms with Crippen molar-refractivity contribution in [3.63, 3.8) is 0 Å². The zero-order valence-corrected chi connectivity index (χ0v) is 19.7. The molecule has 156 valence electrons. The summed E-state index contributed by atoms with van der Waals surface area (Å²) >= 11 is 25.1. The van der Waals surface area contributed by atoms with Gasteiger partial charge in [0.05, 0.1) is 25.6 Å². The molecular weight excluding hydrogens is 498 g/mol. The Bertz CT molecular complexity index is 1440. The second-order valence-corrected chi connectivity index (χ2v) is 9.25. The number of amides is 1. The second-order valence-electron chi connectivity index (χ2n) is 6.69. The summed E-state index contributed by atoms with van der Waals surface area (Å²) in [5, 5.41) is 1.94. The zero-order valence-electron chi connectivity index (χ0n) is 15.8. The number of halogens is 4. The van der Waals surface area contributed by atoms with E-state index < -0.39 is 5.91 Å². The Morgan fingerprint density at radius 2 is 1.42 bits per heavy atom. The molecule has 0 saturated heterocycles. The van der Waals surface area contributed by atoms with Crippen molar-refractivity contribution in [2.45, 2.75) is 6.92 Å². The van der Waals surface area contributed by atoms with Crippen LogP contribution in [0.5, 0.6) is 0 Å². The van der Waals surface area contributed by atoms with E-state index in [9.17, 15) is 9.59 Å². The molecule has 3 aromatic carbocycles. The van der Waals surface area contributed by atoms with Crippen LogP contribution in [0, 0.1) is 6.92 Å². The Kier molecular flexibility index (Phi) is 6.24. The van der Waals surface area contributed by atoms with E-state index in [-0.39, 0.29) is 16.0 Å². The minimum Gasteiger partial charge on any atom is -0.267 e. The van der Waals surface area contributed by atoms with Gasteiger partial charge < -0.3 is 0 Å². The molecule has 0 saturated carbocycles. The normalized spacial score (nSPS) is 11.8. The number of carbonyl (C=O) groups is 2. The Hall–Kier alpha value is -2.15. The first-order valence-electron chi connectivity index (χ1n) is 8.91. The molecule has 1 amide bonds. The van der Waals surface area contributed by atoms with Gasteiger partial charge in [-0.2, -0.15) is 4.99 Å². The molecule has 0 bridgehead atoms. The lowest BCUT2D eigenvalue weighted by atomic mass is 10.1. The Morgan fingerprint density at radius 1 is 0.806 bits per heavy atom. The van der Waals surface area contributed by atoms with E-state index in [0.717, 1.165) is 17.1 Å². The molecule has 1 heterocycles. The van der Waals surface area contributed by atoms with E-state index in [1.54, 1.807) is 18.2 Å². The van der Waals surface area contributed by atoms with Gasteiger partial charge in [-0.1, -0.05) is 58.0 Å². The predicted octanol–water partition coefficient (Wildman–Crippen LogP) is 7.05. The van der Waals surface area contributed by atoms with Crippen molar-refractivity contribution in [3.8, 4) is 0 Å². The molecule has 0 aliphatic carbocycles. The van der Waals surface area contributed by atoms with Crippen molar-refractivity contribution in [2.24, 2.45) is 4.99 Å². The van der Waals surface area contributed by atoms with Crippen LogP contribution >= 0.6 is 57.9 Å². The van der Waals surface area contributed by atoms with E-state index >= 15 is 0 Å². The molecule has 0 atom stereocenters. The number of hydrogen-bond acceptors (Lipinski definition) is 3. The summed E-state index contributed by atoms with van der Waals surface area (Å²) in [6.45, 7) is 1.92. The number of fused-ring (bicyclic) bond motifs is 1. The molecule has 0 fully saturated rings. The van der Waals surface area contributed by atoms with Crippen molar-refractivity contribution < 1.29 is 9.59 Å². The molecule has 0 radical (unpaired) electrons. The fourth-order valence-corrected chi connectivity index (χ4v) is 4.55. The molecule has 0 N–H and O–H groups in total. The average Bonchev–Trinajstić information content (AvgIpc) is 3.08. The molecular formula is C22H12Cl4N2O2S. The smallest absolute Gasteiger partial charge is 0.267 e. The van der Waals surface area contributed by atoms with Gasteiger partial charge in [0, 0.05) is 16.5 Å². The van der Waals surface area contributed by atoms with E-state index in [2.05, 4.69) is 4.99 Å². The molecule has 4 aromatic rings. The van der Waals surface area contributed by atoms with Crippen molar-refractivity contribution in [1.29, 1.82) is 0 Å². The highest BCUT2D eigenvalue weighted by molar-refractivity contribution is 7.06. The molecule has 9 heteroatoms. The number of benzene rings is 3. The van der Waals surface area contributed by atoms with Gasteiger partial charge in [-0.15, -0.1) is 0 Å². The van der Waals surface area contributed by atoms with Gasteiger partial charge in [0.25, 0.3) is 11.8 Å². The number of carbonyl (C=O) groups excluding carboxylic acids is 2. The first-order valence-corrected chi connectivity index (χ1v) is 11.2. The summed E-state index contributed by atoms with van der Waals surface area (Å²) in [4.78, 5) is 30.2. The fraction of sp³-hybridized carbons (Fsp3) is 0.0455. The molecule has 0 aliphatic heterocycles. The lowest BCUT2D eigenvalue weighted by Crippen LogP contribution is -2.09. The summed E-state index contributed by atoms with van der Waals surface area (Å²) in [6, 6.07) is 14.8. The lowest BCUT2D eigenvalue weighted by Gasteiger charge is -2.04. The van der Waals surface area contributed by atoms with E-state index in [1.165, 1.54) is 22.2 Å². The van der Waals surface area contributed by atoms with Gasteiger partial charge in [0.1, 0.15) is 4.67 Å². The SMILES string of the molecule is Cc1ccc2c(c1)c(=NC(=O)c1ccc(Cl)c(Cl)c1)sn2C(=O)c1ccc(Cl)c(Cl)c1. The topological polar surface area (TPSA) is 51.4 Å². The largest absolute Gasteiger partial charge is 0.278 e. The van der Waals surface area contributed by atoms with Crippen molar-refractivity contribution >= 4 is 80.7 Å². The van der Waals surface area contributed by atoms with Crippen LogP contribution in [-0.2, 0) is 0 Å². The van der Waals surface area contributed by atoms with Crippen LogP contribution < -0.4 is 4.67 Å². The number of aromatic nitrogens is 1. The van der Waals surface area contributed by atoms with Crippen LogP contribution in [0.3, 0.4) is 0 Å². The molecule has 4 nitrogen and oxygen atoms in total. The van der Waals surface area contributed by atoms with Crippen molar-refractivity contribution in [3.05, 3.63) is 96.0 Å². The summed E-state index contributed by atoms with van der Waals surface area (Å²) in [5.41, 5.74) is 2.27. The average molecular weight is 510 g/mol. The Balaban J connectivity index is 1.86. The third kappa shape index (κ3) is 4.43. The summed E-state index contributed by atoms with van der Waals surface area (Å²) in [5.74, 6) is -0.793. The molecule has 0 spiro atoms. The third-order valence-corrected chi connectivity index (χ3v) is 7.01. The maximum Gasteiger partial charge on any atom is 0.278 e. The van der Waals surface area contributed by atoms with E-state index in [0.29, 0.717) is 36.7 Å². The van der Waals surface area contributed by atoms with Crippen LogP contribution in [0.15, 0.2) is 59.6 Å². The maximum atomic E-state index is 13.2. The van der Waals surface area contributed by atoms with Gasteiger partial charge in [-0.05, 0) is 67.0 Å². The van der Waals surface area contributed by atoms with Crippen LogP contribution in [0.1, 0.15) is 26.3 Å². The van der Waals surface area contributed by atoms with Crippen LogP contribution in [0.4, 0.5) is 0 Å². The second kappa shape index (κ2) is 8.77. The quantitative estimate of drug-likeness (QED) is 0.290. The van der Waals surface area contributed by atoms with Crippen LogP contribution in [-0.4, -0.2) is 15.8 Å². The lowest BCUT2D eigenvalue weighted by molar-refractivity contribution is 0.0972. The minimum absolute atomic E-state index is 0.263. The van der Waals surface area contributed by atoms with Crippen molar-refractivity contribution in [1.82, 2.24) is 3.96 Å². The van der Waals surface area contributed by atoms with Gasteiger partial charge in [0.15, 0.2) is 0 Å². The van der Waals surface area contributed by atoms with Gasteiger partial charge >= 0.3 is 0 Å². The van der Waals surface area contributed by atoms with Crippen molar-refractivity contribution in [2.75, 3.05) is 0 Å². The zero-order chi connectivity index (χ0) is 22.3. The van der Waals surface area contributed by atoms with Gasteiger partial charge in [-0.3, -0.25) is 9.59 Å². The number of aryl methyl sites for hydroxylation is 1.